The van der Waals surface area contributed by atoms with Gasteiger partial charge in [-0.1, -0.05) is 231 Å². The van der Waals surface area contributed by atoms with Crippen LogP contribution in [0.2, 0.25) is 0 Å². The summed E-state index contributed by atoms with van der Waals surface area (Å²) in [6.07, 6.45) is 54.4. The van der Waals surface area contributed by atoms with Gasteiger partial charge in [0.2, 0.25) is 0 Å². The molecule has 0 spiro atoms. The average molecular weight is 763 g/mol. The first-order chi connectivity index (χ1) is 26.6. The van der Waals surface area contributed by atoms with Crippen molar-refractivity contribution in [3.05, 3.63) is 12.2 Å². The summed E-state index contributed by atoms with van der Waals surface area (Å²) >= 11 is 0. The van der Waals surface area contributed by atoms with E-state index in [0.29, 0.717) is 12.8 Å². The zero-order valence-electron chi connectivity index (χ0n) is 36.5. The SMILES string of the molecule is CCCCCCCC/C=C/CCCCCCCCCCCCCC(=O)OC[C@H](CO)OC(=O)CCCCCCCCCCCCCCCCCCCCC. The largest absolute Gasteiger partial charge is 0.462 e. The number of unbranched alkanes of at least 4 members (excludes halogenated alkanes) is 35. The van der Waals surface area contributed by atoms with E-state index in [4.69, 9.17) is 9.47 Å². The van der Waals surface area contributed by atoms with Crippen molar-refractivity contribution in [2.45, 2.75) is 277 Å². The fraction of sp³-hybridized carbons (Fsp3) is 0.918. The van der Waals surface area contributed by atoms with Gasteiger partial charge >= 0.3 is 11.9 Å². The van der Waals surface area contributed by atoms with Gasteiger partial charge in [0, 0.05) is 12.8 Å². The van der Waals surface area contributed by atoms with E-state index in [0.717, 1.165) is 38.5 Å². The Kier molecular flexibility index (Phi) is 44.9. The summed E-state index contributed by atoms with van der Waals surface area (Å²) < 4.78 is 10.7. The number of aliphatic hydroxyl groups excluding tert-OH is 1. The van der Waals surface area contributed by atoms with Crippen LogP contribution >= 0.6 is 0 Å². The molecule has 0 amide bonds. The summed E-state index contributed by atoms with van der Waals surface area (Å²) in [6, 6.07) is 0. The van der Waals surface area contributed by atoms with Gasteiger partial charge in [-0.3, -0.25) is 9.59 Å². The summed E-state index contributed by atoms with van der Waals surface area (Å²) in [7, 11) is 0. The normalized spacial score (nSPS) is 12.1. The molecule has 5 heteroatoms. The predicted molar refractivity (Wildman–Crippen MR) is 233 cm³/mol. The third kappa shape index (κ3) is 43.4. The summed E-state index contributed by atoms with van der Waals surface area (Å²) in [5, 5.41) is 9.61. The molecule has 0 saturated carbocycles. The average Bonchev–Trinajstić information content (AvgIpc) is 3.17. The monoisotopic (exact) mass is 763 g/mol. The van der Waals surface area contributed by atoms with Gasteiger partial charge in [0.25, 0.3) is 0 Å². The first kappa shape index (κ1) is 52.6. The van der Waals surface area contributed by atoms with E-state index in [9.17, 15) is 14.7 Å². The quantitative estimate of drug-likeness (QED) is 0.0380. The molecule has 5 nitrogen and oxygen atoms in total. The van der Waals surface area contributed by atoms with Crippen molar-refractivity contribution in [1.82, 2.24) is 0 Å². The van der Waals surface area contributed by atoms with Gasteiger partial charge in [-0.25, -0.2) is 0 Å². The molecule has 0 aromatic rings. The molecular formula is C49H94O5. The Morgan fingerprint density at radius 1 is 0.407 bits per heavy atom. The molecule has 1 atom stereocenters. The molecule has 0 aliphatic carbocycles. The van der Waals surface area contributed by atoms with Crippen LogP contribution in [0.4, 0.5) is 0 Å². The molecule has 0 aliphatic rings. The molecule has 0 saturated heterocycles. The molecule has 0 radical (unpaired) electrons. The number of hydrogen-bond donors (Lipinski definition) is 1. The topological polar surface area (TPSA) is 72.8 Å². The Bertz CT molecular complexity index is 780. The second-order valence-electron chi connectivity index (χ2n) is 16.5. The number of ether oxygens (including phenoxy) is 2. The molecule has 0 rings (SSSR count). The minimum atomic E-state index is -0.765. The molecule has 0 unspecified atom stereocenters. The maximum Gasteiger partial charge on any atom is 0.306 e. The van der Waals surface area contributed by atoms with Crippen molar-refractivity contribution in [2.24, 2.45) is 0 Å². The Labute approximate surface area is 337 Å². The highest BCUT2D eigenvalue weighted by Gasteiger charge is 2.16. The van der Waals surface area contributed by atoms with Crippen LogP contribution in [0, 0.1) is 0 Å². The van der Waals surface area contributed by atoms with Crippen molar-refractivity contribution in [1.29, 1.82) is 0 Å². The van der Waals surface area contributed by atoms with Crippen LogP contribution in [-0.4, -0.2) is 36.4 Å². The summed E-state index contributed by atoms with van der Waals surface area (Å²) in [6.45, 7) is 4.18. The van der Waals surface area contributed by atoms with E-state index in [2.05, 4.69) is 26.0 Å². The van der Waals surface area contributed by atoms with E-state index in [1.807, 2.05) is 0 Å². The molecule has 0 bridgehead atoms. The van der Waals surface area contributed by atoms with Gasteiger partial charge in [-0.15, -0.1) is 0 Å². The maximum absolute atomic E-state index is 12.2. The number of carbonyl (C=O) groups excluding carboxylic acids is 2. The highest BCUT2D eigenvalue weighted by atomic mass is 16.6. The lowest BCUT2D eigenvalue weighted by Gasteiger charge is -2.15. The molecule has 320 valence electrons. The minimum absolute atomic E-state index is 0.0593. The van der Waals surface area contributed by atoms with Crippen LogP contribution in [0.5, 0.6) is 0 Å². The number of aliphatic hydroxyl groups is 1. The molecule has 0 fully saturated rings. The van der Waals surface area contributed by atoms with Gasteiger partial charge in [-0.05, 0) is 38.5 Å². The second kappa shape index (κ2) is 46.0. The summed E-state index contributed by atoms with van der Waals surface area (Å²) in [4.78, 5) is 24.4. The standard InChI is InChI=1S/C49H94O5/c1-3-5-7-9-11-13-15-17-19-21-23-24-26-27-29-31-33-35-37-39-41-43-48(51)53-46-47(45-50)54-49(52)44-42-40-38-36-34-32-30-28-25-22-20-18-16-14-12-10-8-6-4-2/h17,19,47,50H,3-16,18,20-46H2,1-2H3/b19-17+/t47-/m0/s1. The van der Waals surface area contributed by atoms with Gasteiger partial charge in [0.1, 0.15) is 6.61 Å². The molecule has 54 heavy (non-hydrogen) atoms. The van der Waals surface area contributed by atoms with Crippen LogP contribution in [0.1, 0.15) is 271 Å². The van der Waals surface area contributed by atoms with Crippen molar-refractivity contribution in [3.8, 4) is 0 Å². The van der Waals surface area contributed by atoms with Crippen molar-refractivity contribution < 1.29 is 24.2 Å². The van der Waals surface area contributed by atoms with Gasteiger partial charge < -0.3 is 14.6 Å². The minimum Gasteiger partial charge on any atom is -0.462 e. The summed E-state index contributed by atoms with van der Waals surface area (Å²) in [5.74, 6) is -0.574. The number of esters is 2. The lowest BCUT2D eigenvalue weighted by Crippen LogP contribution is -2.28. The molecular weight excluding hydrogens is 669 g/mol. The fourth-order valence-corrected chi connectivity index (χ4v) is 7.38. The molecule has 0 aromatic heterocycles. The number of hydrogen-bond acceptors (Lipinski definition) is 5. The van der Waals surface area contributed by atoms with Gasteiger partial charge in [0.05, 0.1) is 6.61 Å². The Morgan fingerprint density at radius 3 is 1.00 bits per heavy atom. The van der Waals surface area contributed by atoms with E-state index >= 15 is 0 Å². The highest BCUT2D eigenvalue weighted by molar-refractivity contribution is 5.70. The van der Waals surface area contributed by atoms with Crippen molar-refractivity contribution in [2.75, 3.05) is 13.2 Å². The lowest BCUT2D eigenvalue weighted by molar-refractivity contribution is -0.161. The predicted octanol–water partition coefficient (Wildman–Crippen LogP) is 15.6. The summed E-state index contributed by atoms with van der Waals surface area (Å²) in [5.41, 5.74) is 0. The van der Waals surface area contributed by atoms with E-state index < -0.39 is 6.10 Å². The Morgan fingerprint density at radius 2 is 0.685 bits per heavy atom. The van der Waals surface area contributed by atoms with Crippen molar-refractivity contribution in [3.63, 3.8) is 0 Å². The van der Waals surface area contributed by atoms with E-state index in [1.54, 1.807) is 0 Å². The van der Waals surface area contributed by atoms with Crippen LogP contribution in [0.25, 0.3) is 0 Å². The Balaban J connectivity index is 3.46. The van der Waals surface area contributed by atoms with Crippen molar-refractivity contribution >= 4 is 11.9 Å². The zero-order valence-corrected chi connectivity index (χ0v) is 36.5. The molecule has 1 N–H and O–H groups in total. The fourth-order valence-electron chi connectivity index (χ4n) is 7.38. The third-order valence-corrected chi connectivity index (χ3v) is 11.1. The van der Waals surface area contributed by atoms with Crippen LogP contribution < -0.4 is 0 Å². The third-order valence-electron chi connectivity index (χ3n) is 11.1. The van der Waals surface area contributed by atoms with Crippen LogP contribution in [0.3, 0.4) is 0 Å². The molecule has 0 aromatic carbocycles. The number of rotatable bonds is 45. The maximum atomic E-state index is 12.2. The van der Waals surface area contributed by atoms with Gasteiger partial charge in [0.15, 0.2) is 6.10 Å². The van der Waals surface area contributed by atoms with Crippen LogP contribution in [-0.2, 0) is 19.1 Å². The molecule has 0 aliphatic heterocycles. The van der Waals surface area contributed by atoms with Crippen LogP contribution in [0.15, 0.2) is 12.2 Å². The zero-order chi connectivity index (χ0) is 39.3. The Hall–Kier alpha value is -1.36. The molecule has 0 heterocycles. The number of carbonyl (C=O) groups is 2. The van der Waals surface area contributed by atoms with E-state index in [1.165, 1.54) is 205 Å². The highest BCUT2D eigenvalue weighted by Crippen LogP contribution is 2.16. The second-order valence-corrected chi connectivity index (χ2v) is 16.5. The smallest absolute Gasteiger partial charge is 0.306 e. The van der Waals surface area contributed by atoms with Gasteiger partial charge in [-0.2, -0.15) is 0 Å². The lowest BCUT2D eigenvalue weighted by atomic mass is 10.0. The first-order valence-electron chi connectivity index (χ1n) is 24.2. The van der Waals surface area contributed by atoms with E-state index in [-0.39, 0.29) is 25.2 Å². The first-order valence-corrected chi connectivity index (χ1v) is 24.2. The number of allylic oxidation sites excluding steroid dienone is 2.